The standard InChI is InChI=1S/C30H30N2O7S/c1-3-26(33)39-20(2)23-11-12-24(31-18-23)15-16-37-25-13-9-21(10-14-25)17-30(27(34)32-29(36)40-30)28(35)38-19-22-7-5-4-6-8-22/h4-14,18,20H,3,15-17,19H2,1-2H3,(H,32,34,36)/t20-,30?/m0/s1. The first-order valence-corrected chi connectivity index (χ1v) is 13.7. The fraction of sp³-hybridized carbons (Fsp3) is 0.300. The number of esters is 2. The largest absolute Gasteiger partial charge is 0.493 e. The summed E-state index contributed by atoms with van der Waals surface area (Å²) in [6.07, 6.45) is 2.22. The summed E-state index contributed by atoms with van der Waals surface area (Å²) in [7, 11) is 0. The molecule has 9 nitrogen and oxygen atoms in total. The van der Waals surface area contributed by atoms with Crippen molar-refractivity contribution in [2.45, 2.75) is 50.6 Å². The highest BCUT2D eigenvalue weighted by molar-refractivity contribution is 8.16. The maximum Gasteiger partial charge on any atom is 0.333 e. The van der Waals surface area contributed by atoms with Gasteiger partial charge in [0, 0.05) is 36.7 Å². The van der Waals surface area contributed by atoms with E-state index >= 15 is 0 Å². The fourth-order valence-corrected chi connectivity index (χ4v) is 5.01. The monoisotopic (exact) mass is 562 g/mol. The number of nitrogens with zero attached hydrogens (tertiary/aromatic N) is 1. The molecule has 2 amide bonds. The number of benzene rings is 2. The Morgan fingerprint density at radius 2 is 1.75 bits per heavy atom. The number of thioether (sulfide) groups is 1. The minimum absolute atomic E-state index is 0.000842. The highest BCUT2D eigenvalue weighted by atomic mass is 32.2. The van der Waals surface area contributed by atoms with Crippen molar-refractivity contribution in [3.8, 4) is 5.75 Å². The summed E-state index contributed by atoms with van der Waals surface area (Å²) in [6, 6.07) is 19.9. The number of hydrogen-bond acceptors (Lipinski definition) is 9. The van der Waals surface area contributed by atoms with E-state index in [4.69, 9.17) is 14.2 Å². The van der Waals surface area contributed by atoms with Gasteiger partial charge in [0.25, 0.3) is 11.1 Å². The molecule has 10 heteroatoms. The van der Waals surface area contributed by atoms with Crippen molar-refractivity contribution in [2.24, 2.45) is 0 Å². The highest BCUT2D eigenvalue weighted by Gasteiger charge is 2.55. The maximum absolute atomic E-state index is 13.1. The molecule has 1 N–H and O–H groups in total. The van der Waals surface area contributed by atoms with Crippen LogP contribution in [0.4, 0.5) is 4.79 Å². The lowest BCUT2D eigenvalue weighted by Crippen LogP contribution is -2.46. The van der Waals surface area contributed by atoms with Crippen LogP contribution in [0.1, 0.15) is 48.8 Å². The van der Waals surface area contributed by atoms with Crippen LogP contribution in [-0.4, -0.2) is 39.4 Å². The van der Waals surface area contributed by atoms with E-state index in [2.05, 4.69) is 10.3 Å². The lowest BCUT2D eigenvalue weighted by molar-refractivity contribution is -0.151. The van der Waals surface area contributed by atoms with E-state index < -0.39 is 21.9 Å². The Hall–Kier alpha value is -4.18. The van der Waals surface area contributed by atoms with Gasteiger partial charge in [-0.25, -0.2) is 4.79 Å². The average Bonchev–Trinajstić information content (AvgIpc) is 3.26. The van der Waals surface area contributed by atoms with Crippen molar-refractivity contribution >= 4 is 34.8 Å². The molecule has 2 aromatic carbocycles. The number of ether oxygens (including phenoxy) is 3. The number of imide groups is 1. The first-order valence-electron chi connectivity index (χ1n) is 12.9. The molecule has 0 aliphatic carbocycles. The molecule has 0 bridgehead atoms. The normalized spacial score (nSPS) is 17.1. The van der Waals surface area contributed by atoms with Crippen molar-refractivity contribution in [2.75, 3.05) is 6.61 Å². The van der Waals surface area contributed by atoms with Crippen LogP contribution in [0, 0.1) is 0 Å². The number of aromatic nitrogens is 1. The minimum Gasteiger partial charge on any atom is -0.493 e. The van der Waals surface area contributed by atoms with Crippen LogP contribution in [0.25, 0.3) is 0 Å². The molecule has 1 aliphatic rings. The van der Waals surface area contributed by atoms with Gasteiger partial charge in [0.05, 0.1) is 6.61 Å². The topological polar surface area (TPSA) is 121 Å². The summed E-state index contributed by atoms with van der Waals surface area (Å²) in [6.45, 7) is 3.94. The van der Waals surface area contributed by atoms with Gasteiger partial charge < -0.3 is 14.2 Å². The second kappa shape index (κ2) is 13.3. The van der Waals surface area contributed by atoms with Gasteiger partial charge in [-0.1, -0.05) is 55.5 Å². The van der Waals surface area contributed by atoms with Crippen molar-refractivity contribution in [1.29, 1.82) is 0 Å². The number of hydrogen-bond donors (Lipinski definition) is 1. The summed E-state index contributed by atoms with van der Waals surface area (Å²) in [4.78, 5) is 53.7. The third-order valence-corrected chi connectivity index (χ3v) is 7.44. The first-order chi connectivity index (χ1) is 19.3. The Morgan fingerprint density at radius 3 is 2.38 bits per heavy atom. The lowest BCUT2D eigenvalue weighted by atomic mass is 9.97. The second-order valence-corrected chi connectivity index (χ2v) is 10.5. The highest BCUT2D eigenvalue weighted by Crippen LogP contribution is 2.37. The molecule has 1 aliphatic heterocycles. The summed E-state index contributed by atoms with van der Waals surface area (Å²) in [5.41, 5.74) is 3.11. The first kappa shape index (κ1) is 28.8. The van der Waals surface area contributed by atoms with Crippen molar-refractivity contribution < 1.29 is 33.4 Å². The molecule has 3 aromatic rings. The molecule has 1 fully saturated rings. The molecular weight excluding hydrogens is 532 g/mol. The van der Waals surface area contributed by atoms with E-state index in [1.54, 1.807) is 37.4 Å². The smallest absolute Gasteiger partial charge is 0.333 e. The van der Waals surface area contributed by atoms with Crippen LogP contribution in [0.3, 0.4) is 0 Å². The number of nitrogens with one attached hydrogen (secondary N) is 1. The van der Waals surface area contributed by atoms with E-state index in [1.165, 1.54) is 0 Å². The Labute approximate surface area is 236 Å². The SMILES string of the molecule is CCC(=O)O[C@@H](C)c1ccc(CCOc2ccc(CC3(C(=O)OCc4ccccc4)SC(=O)NC3=O)cc2)nc1. The number of amides is 2. The van der Waals surface area contributed by atoms with Gasteiger partial charge in [0.1, 0.15) is 18.5 Å². The third-order valence-electron chi connectivity index (χ3n) is 6.31. The van der Waals surface area contributed by atoms with Crippen LogP contribution >= 0.6 is 11.8 Å². The molecule has 1 saturated heterocycles. The van der Waals surface area contributed by atoms with Gasteiger partial charge in [-0.3, -0.25) is 24.7 Å². The van der Waals surface area contributed by atoms with Crippen LogP contribution in [0.5, 0.6) is 5.75 Å². The van der Waals surface area contributed by atoms with Crippen LogP contribution in [0.15, 0.2) is 72.9 Å². The molecule has 1 aromatic heterocycles. The molecule has 1 unspecified atom stereocenters. The number of pyridine rings is 1. The zero-order valence-corrected chi connectivity index (χ0v) is 23.1. The fourth-order valence-electron chi connectivity index (χ4n) is 4.02. The molecule has 208 valence electrons. The summed E-state index contributed by atoms with van der Waals surface area (Å²) < 4.78 is 14.9. The van der Waals surface area contributed by atoms with Crippen LogP contribution in [0.2, 0.25) is 0 Å². The summed E-state index contributed by atoms with van der Waals surface area (Å²) in [5, 5.41) is 1.63. The predicted molar refractivity (Wildman–Crippen MR) is 148 cm³/mol. The Bertz CT molecular complexity index is 1350. The summed E-state index contributed by atoms with van der Waals surface area (Å²) in [5.74, 6) is -1.09. The minimum atomic E-state index is -1.70. The Balaban J connectivity index is 1.32. The second-order valence-electron chi connectivity index (χ2n) is 9.22. The zero-order valence-electron chi connectivity index (χ0n) is 22.3. The van der Waals surface area contributed by atoms with E-state index in [0.717, 1.165) is 16.8 Å². The molecule has 0 radical (unpaired) electrons. The molecule has 2 atom stereocenters. The number of carbonyl (C=O) groups is 4. The van der Waals surface area contributed by atoms with Gasteiger partial charge in [0.15, 0.2) is 0 Å². The molecule has 0 spiro atoms. The van der Waals surface area contributed by atoms with Crippen LogP contribution in [-0.2, 0) is 43.3 Å². The Kier molecular flexibility index (Phi) is 9.55. The van der Waals surface area contributed by atoms with Gasteiger partial charge in [-0.05, 0) is 48.0 Å². The molecule has 0 saturated carbocycles. The molecule has 40 heavy (non-hydrogen) atoms. The molecule has 2 heterocycles. The molecule has 4 rings (SSSR count). The van der Waals surface area contributed by atoms with Crippen molar-refractivity contribution in [3.63, 3.8) is 0 Å². The van der Waals surface area contributed by atoms with Gasteiger partial charge in [-0.2, -0.15) is 0 Å². The zero-order chi connectivity index (χ0) is 28.5. The molecular formula is C30H30N2O7S. The average molecular weight is 563 g/mol. The van der Waals surface area contributed by atoms with E-state index in [0.29, 0.717) is 42.5 Å². The van der Waals surface area contributed by atoms with E-state index in [-0.39, 0.29) is 25.1 Å². The maximum atomic E-state index is 13.1. The number of carbonyl (C=O) groups excluding carboxylic acids is 4. The Morgan fingerprint density at radius 1 is 1.00 bits per heavy atom. The van der Waals surface area contributed by atoms with Gasteiger partial charge in [0.2, 0.25) is 4.75 Å². The predicted octanol–water partition coefficient (Wildman–Crippen LogP) is 4.73. The quantitative estimate of drug-likeness (QED) is 0.247. The van der Waals surface area contributed by atoms with Gasteiger partial charge >= 0.3 is 11.9 Å². The lowest BCUT2D eigenvalue weighted by Gasteiger charge is -2.22. The van der Waals surface area contributed by atoms with E-state index in [1.807, 2.05) is 49.4 Å². The van der Waals surface area contributed by atoms with Gasteiger partial charge in [-0.15, -0.1) is 0 Å². The third kappa shape index (κ3) is 7.26. The van der Waals surface area contributed by atoms with Crippen LogP contribution < -0.4 is 10.1 Å². The number of rotatable bonds is 12. The van der Waals surface area contributed by atoms with E-state index in [9.17, 15) is 19.2 Å². The van der Waals surface area contributed by atoms with Crippen molar-refractivity contribution in [1.82, 2.24) is 10.3 Å². The summed E-state index contributed by atoms with van der Waals surface area (Å²) >= 11 is 0.645. The van der Waals surface area contributed by atoms with Crippen molar-refractivity contribution in [3.05, 3.63) is 95.3 Å².